The van der Waals surface area contributed by atoms with E-state index < -0.39 is 24.4 Å². The van der Waals surface area contributed by atoms with E-state index in [9.17, 15) is 0 Å². The zero-order valence-corrected chi connectivity index (χ0v) is 22.6. The second-order valence-electron chi connectivity index (χ2n) is 10.1. The number of fused-ring (bicyclic) bond motifs is 1. The summed E-state index contributed by atoms with van der Waals surface area (Å²) in [6, 6.07) is 31.8. The molecule has 0 saturated carbocycles. The van der Waals surface area contributed by atoms with Gasteiger partial charge in [-0.2, -0.15) is 0 Å². The molecule has 1 saturated heterocycles. The molecule has 0 radical (unpaired) electrons. The molecule has 5 aromatic rings. The van der Waals surface area contributed by atoms with Gasteiger partial charge in [-0.1, -0.05) is 91.0 Å². The van der Waals surface area contributed by atoms with E-state index in [1.807, 2.05) is 91.0 Å². The van der Waals surface area contributed by atoms with Gasteiger partial charge in [0.15, 0.2) is 5.82 Å². The van der Waals surface area contributed by atoms with Crippen molar-refractivity contribution in [1.82, 2.24) is 15.0 Å². The second-order valence-corrected chi connectivity index (χ2v) is 10.1. The van der Waals surface area contributed by atoms with E-state index in [2.05, 4.69) is 9.97 Å². The van der Waals surface area contributed by atoms with Crippen LogP contribution in [0.5, 0.6) is 0 Å². The van der Waals surface area contributed by atoms with Gasteiger partial charge in [0.25, 0.3) is 0 Å². The minimum absolute atomic E-state index is 0.252. The molecule has 0 aliphatic carbocycles. The van der Waals surface area contributed by atoms with Crippen molar-refractivity contribution in [3.8, 4) is 0 Å². The molecule has 41 heavy (non-hydrogen) atoms. The van der Waals surface area contributed by atoms with Gasteiger partial charge in [0, 0.05) is 6.07 Å². The maximum absolute atomic E-state index is 6.63. The molecule has 5 N–H and O–H groups in total. The average molecular weight is 552 g/mol. The van der Waals surface area contributed by atoms with Gasteiger partial charge in [0.2, 0.25) is 0 Å². The second kappa shape index (κ2) is 12.5. The van der Waals surface area contributed by atoms with Gasteiger partial charge < -0.3 is 35.4 Å². The van der Waals surface area contributed by atoms with Crippen LogP contribution in [0.4, 0.5) is 11.6 Å². The molecule has 210 valence electrons. The molecular weight excluding hydrogens is 518 g/mol. The largest absolute Gasteiger partial charge is 0.384 e. The first-order valence-electron chi connectivity index (χ1n) is 13.6. The number of nitrogen functional groups attached to an aromatic ring is 2. The van der Waals surface area contributed by atoms with Crippen LogP contribution in [0.3, 0.4) is 0 Å². The van der Waals surface area contributed by atoms with Crippen LogP contribution in [0.15, 0.2) is 97.1 Å². The summed E-state index contributed by atoms with van der Waals surface area (Å²) in [5, 5.41) is 0. The van der Waals surface area contributed by atoms with Crippen LogP contribution in [0, 0.1) is 0 Å². The molecule has 1 aliphatic heterocycles. The van der Waals surface area contributed by atoms with Crippen LogP contribution in [-0.4, -0.2) is 39.9 Å². The van der Waals surface area contributed by atoms with Crippen molar-refractivity contribution in [1.29, 1.82) is 0 Å². The van der Waals surface area contributed by atoms with E-state index in [4.69, 9.17) is 35.4 Å². The van der Waals surface area contributed by atoms with E-state index in [-0.39, 0.29) is 5.82 Å². The molecule has 9 nitrogen and oxygen atoms in total. The van der Waals surface area contributed by atoms with Gasteiger partial charge in [-0.3, -0.25) is 0 Å². The van der Waals surface area contributed by atoms with Crippen LogP contribution in [0.2, 0.25) is 0 Å². The highest BCUT2D eigenvalue weighted by molar-refractivity contribution is 5.86. The maximum atomic E-state index is 6.63. The summed E-state index contributed by atoms with van der Waals surface area (Å²) in [7, 11) is 0. The third-order valence-corrected chi connectivity index (χ3v) is 7.08. The lowest BCUT2D eigenvalue weighted by molar-refractivity contribution is -0.0898. The van der Waals surface area contributed by atoms with Crippen LogP contribution < -0.4 is 11.5 Å². The number of nitrogens with zero attached hydrogens (tertiary/aromatic N) is 2. The zero-order chi connectivity index (χ0) is 28.0. The number of nitrogens with one attached hydrogen (secondary N) is 1. The number of pyridine rings is 1. The summed E-state index contributed by atoms with van der Waals surface area (Å²) < 4.78 is 25.9. The van der Waals surface area contributed by atoms with Crippen molar-refractivity contribution < 1.29 is 18.9 Å². The van der Waals surface area contributed by atoms with E-state index in [0.717, 1.165) is 16.7 Å². The number of anilines is 2. The Balaban J connectivity index is 1.29. The Hall–Kier alpha value is -4.28. The number of ether oxygens (including phenoxy) is 4. The van der Waals surface area contributed by atoms with E-state index >= 15 is 0 Å². The molecular formula is C32H33N5O4. The highest BCUT2D eigenvalue weighted by atomic mass is 16.6. The van der Waals surface area contributed by atoms with Crippen LogP contribution in [-0.2, 0) is 38.8 Å². The molecule has 6 rings (SSSR count). The summed E-state index contributed by atoms with van der Waals surface area (Å²) in [5.74, 6) is 1.13. The Bertz CT molecular complexity index is 1550. The molecule has 9 heteroatoms. The van der Waals surface area contributed by atoms with Gasteiger partial charge >= 0.3 is 0 Å². The Morgan fingerprint density at radius 2 is 1.27 bits per heavy atom. The minimum Gasteiger partial charge on any atom is -0.384 e. The molecule has 3 heterocycles. The summed E-state index contributed by atoms with van der Waals surface area (Å²) in [4.78, 5) is 12.2. The van der Waals surface area contributed by atoms with Gasteiger partial charge in [-0.25, -0.2) is 9.97 Å². The molecule has 3 aromatic carbocycles. The first-order chi connectivity index (χ1) is 20.1. The fourth-order valence-corrected chi connectivity index (χ4v) is 5.08. The predicted molar refractivity (Wildman–Crippen MR) is 156 cm³/mol. The summed E-state index contributed by atoms with van der Waals surface area (Å²) in [6.45, 7) is 1.55. The number of rotatable bonds is 11. The van der Waals surface area contributed by atoms with E-state index in [1.54, 1.807) is 6.07 Å². The molecule has 0 unspecified atom stereocenters. The monoisotopic (exact) mass is 551 g/mol. The lowest BCUT2D eigenvalue weighted by Gasteiger charge is -2.25. The Morgan fingerprint density at radius 3 is 1.88 bits per heavy atom. The lowest BCUT2D eigenvalue weighted by atomic mass is 10.1. The normalized spacial score (nSPS) is 20.5. The SMILES string of the molecule is Nc1cc2[nH]c([C@@H]3O[C@H](COCc4ccccc4)[C@@H](OCc4ccccc4)[C@@H]3OCc3ccccc3)nc2c(N)n1. The number of H-pyrrole nitrogens is 1. The zero-order valence-electron chi connectivity index (χ0n) is 22.6. The molecule has 1 aliphatic rings. The fraction of sp³-hybridized carbons (Fsp3) is 0.250. The topological polar surface area (TPSA) is 131 Å². The van der Waals surface area contributed by atoms with Crippen molar-refractivity contribution in [2.45, 2.75) is 44.2 Å². The Morgan fingerprint density at radius 1 is 0.707 bits per heavy atom. The van der Waals surface area contributed by atoms with Gasteiger partial charge in [0.05, 0.1) is 31.9 Å². The molecule has 0 bridgehead atoms. The Labute approximate surface area is 238 Å². The van der Waals surface area contributed by atoms with E-state index in [0.29, 0.717) is 49.1 Å². The highest BCUT2D eigenvalue weighted by Crippen LogP contribution is 2.38. The van der Waals surface area contributed by atoms with Crippen molar-refractivity contribution >= 4 is 22.7 Å². The predicted octanol–water partition coefficient (Wildman–Crippen LogP) is 4.95. The van der Waals surface area contributed by atoms with E-state index in [1.165, 1.54) is 0 Å². The van der Waals surface area contributed by atoms with Crippen LogP contribution in [0.25, 0.3) is 11.0 Å². The third kappa shape index (κ3) is 6.39. The number of hydrogen-bond acceptors (Lipinski definition) is 8. The molecule has 4 atom stereocenters. The third-order valence-electron chi connectivity index (χ3n) is 7.08. The van der Waals surface area contributed by atoms with Crippen molar-refractivity contribution in [2.24, 2.45) is 0 Å². The average Bonchev–Trinajstić information content (AvgIpc) is 3.58. The number of hydrogen-bond donors (Lipinski definition) is 3. The first-order valence-corrected chi connectivity index (χ1v) is 13.6. The van der Waals surface area contributed by atoms with Crippen molar-refractivity contribution in [3.63, 3.8) is 0 Å². The number of benzene rings is 3. The van der Waals surface area contributed by atoms with Crippen LogP contribution >= 0.6 is 0 Å². The lowest BCUT2D eigenvalue weighted by Crippen LogP contribution is -2.38. The number of aromatic amines is 1. The van der Waals surface area contributed by atoms with Crippen molar-refractivity contribution in [3.05, 3.63) is 120 Å². The van der Waals surface area contributed by atoms with Crippen LogP contribution in [0.1, 0.15) is 28.6 Å². The highest BCUT2D eigenvalue weighted by Gasteiger charge is 2.48. The summed E-state index contributed by atoms with van der Waals surface area (Å²) in [5.41, 5.74) is 16.5. The maximum Gasteiger partial charge on any atom is 0.154 e. The summed E-state index contributed by atoms with van der Waals surface area (Å²) >= 11 is 0. The first kappa shape index (κ1) is 26.9. The van der Waals surface area contributed by atoms with Gasteiger partial charge in [0.1, 0.15) is 41.6 Å². The quantitative estimate of drug-likeness (QED) is 0.210. The molecule has 1 fully saturated rings. The van der Waals surface area contributed by atoms with Gasteiger partial charge in [-0.05, 0) is 16.7 Å². The smallest absolute Gasteiger partial charge is 0.154 e. The fourth-order valence-electron chi connectivity index (χ4n) is 5.08. The molecule has 0 spiro atoms. The number of imidazole rings is 1. The minimum atomic E-state index is -0.571. The summed E-state index contributed by atoms with van der Waals surface area (Å²) in [6.07, 6.45) is -1.91. The number of nitrogens with two attached hydrogens (primary N) is 2. The van der Waals surface area contributed by atoms with Gasteiger partial charge in [-0.15, -0.1) is 0 Å². The molecule has 2 aromatic heterocycles. The molecule has 0 amide bonds. The van der Waals surface area contributed by atoms with Crippen molar-refractivity contribution in [2.75, 3.05) is 18.1 Å². The Kier molecular flexibility index (Phi) is 8.20. The number of aromatic nitrogens is 3. The standard InChI is InChI=1S/C32H33N5O4/c33-26-16-24-27(31(34)36-26)37-32(35-24)30-29(40-19-23-14-8-3-9-15-23)28(39-18-22-12-6-2-7-13-22)25(41-30)20-38-17-21-10-4-1-5-11-21/h1-16,25,28-30H,17-20H2,(H,35,37)(H4,33,34,36)/t25-,28-,29+,30-/m1/s1.